The molecule has 0 saturated carbocycles. The average Bonchev–Trinajstić information content (AvgIpc) is 2.67. The van der Waals surface area contributed by atoms with Gasteiger partial charge in [0.15, 0.2) is 23.1 Å². The van der Waals surface area contributed by atoms with Crippen molar-refractivity contribution in [3.63, 3.8) is 0 Å². The van der Waals surface area contributed by atoms with Crippen molar-refractivity contribution in [1.82, 2.24) is 0 Å². The molecule has 0 unspecified atom stereocenters. The quantitative estimate of drug-likeness (QED) is 0.285. The number of carbonyl (C=O) groups is 2. The minimum atomic E-state index is -0.552. The van der Waals surface area contributed by atoms with Crippen LogP contribution < -0.4 is 9.47 Å². The van der Waals surface area contributed by atoms with Crippen molar-refractivity contribution >= 4 is 11.9 Å². The first kappa shape index (κ1) is 21.5. The van der Waals surface area contributed by atoms with E-state index in [2.05, 4.69) is 0 Å². The van der Waals surface area contributed by atoms with Crippen LogP contribution in [0.1, 0.15) is 51.4 Å². The Morgan fingerprint density at radius 2 is 0.964 bits per heavy atom. The summed E-state index contributed by atoms with van der Waals surface area (Å²) in [4.78, 5) is 23.4. The van der Waals surface area contributed by atoms with Crippen molar-refractivity contribution in [2.75, 3.05) is 0 Å². The highest BCUT2D eigenvalue weighted by atomic mass is 19.1. The number of hydrogen-bond acceptors (Lipinski definition) is 4. The molecule has 0 bridgehead atoms. The SMILES string of the molecule is O=C(CCCCCCCCC(=O)Oc1ccccc1F)Oc1ccccc1F. The van der Waals surface area contributed by atoms with Gasteiger partial charge >= 0.3 is 11.9 Å². The number of rotatable bonds is 11. The average molecular weight is 390 g/mol. The lowest BCUT2D eigenvalue weighted by Crippen LogP contribution is -2.08. The number of halogens is 2. The summed E-state index contributed by atoms with van der Waals surface area (Å²) in [5.74, 6) is -2.08. The van der Waals surface area contributed by atoms with Gasteiger partial charge in [-0.05, 0) is 37.1 Å². The molecule has 0 aliphatic carbocycles. The van der Waals surface area contributed by atoms with Gasteiger partial charge in [-0.25, -0.2) is 8.78 Å². The van der Waals surface area contributed by atoms with Gasteiger partial charge in [-0.15, -0.1) is 0 Å². The molecule has 2 rings (SSSR count). The van der Waals surface area contributed by atoms with E-state index >= 15 is 0 Å². The van der Waals surface area contributed by atoms with Crippen LogP contribution in [-0.4, -0.2) is 11.9 Å². The lowest BCUT2D eigenvalue weighted by molar-refractivity contribution is -0.135. The number of benzene rings is 2. The van der Waals surface area contributed by atoms with E-state index in [1.165, 1.54) is 36.4 Å². The van der Waals surface area contributed by atoms with Gasteiger partial charge in [0.05, 0.1) is 0 Å². The van der Waals surface area contributed by atoms with Crippen LogP contribution in [0.25, 0.3) is 0 Å². The molecule has 0 N–H and O–H groups in total. The van der Waals surface area contributed by atoms with Crippen LogP contribution in [0, 0.1) is 11.6 Å². The first-order chi connectivity index (χ1) is 13.6. The van der Waals surface area contributed by atoms with E-state index in [4.69, 9.17) is 9.47 Å². The van der Waals surface area contributed by atoms with Gasteiger partial charge in [0.1, 0.15) is 0 Å². The van der Waals surface area contributed by atoms with Crippen molar-refractivity contribution in [2.24, 2.45) is 0 Å². The molecule has 0 fully saturated rings. The Morgan fingerprint density at radius 3 is 1.36 bits per heavy atom. The normalized spacial score (nSPS) is 10.5. The van der Waals surface area contributed by atoms with Crippen LogP contribution in [0.5, 0.6) is 11.5 Å². The lowest BCUT2D eigenvalue weighted by atomic mass is 10.1. The van der Waals surface area contributed by atoms with Crippen LogP contribution >= 0.6 is 0 Å². The molecule has 6 heteroatoms. The predicted molar refractivity (Wildman–Crippen MR) is 101 cm³/mol. The number of ether oxygens (including phenoxy) is 2. The molecule has 0 saturated heterocycles. The zero-order valence-electron chi connectivity index (χ0n) is 15.7. The number of esters is 2. The van der Waals surface area contributed by atoms with Crippen LogP contribution in [0.15, 0.2) is 48.5 Å². The molecule has 2 aromatic carbocycles. The first-order valence-electron chi connectivity index (χ1n) is 9.46. The van der Waals surface area contributed by atoms with Gasteiger partial charge in [-0.1, -0.05) is 49.9 Å². The molecule has 0 amide bonds. The van der Waals surface area contributed by atoms with Crippen molar-refractivity contribution in [3.8, 4) is 11.5 Å². The van der Waals surface area contributed by atoms with Gasteiger partial charge in [0.25, 0.3) is 0 Å². The van der Waals surface area contributed by atoms with Gasteiger partial charge in [-0.2, -0.15) is 0 Å². The molecule has 150 valence electrons. The molecule has 4 nitrogen and oxygen atoms in total. The second-order valence-corrected chi connectivity index (χ2v) is 6.43. The molecule has 0 aromatic heterocycles. The first-order valence-corrected chi connectivity index (χ1v) is 9.46. The largest absolute Gasteiger partial charge is 0.423 e. The maximum atomic E-state index is 13.4. The second-order valence-electron chi connectivity index (χ2n) is 6.43. The molecule has 2 aromatic rings. The molecular weight excluding hydrogens is 366 g/mol. The highest BCUT2D eigenvalue weighted by Gasteiger charge is 2.09. The topological polar surface area (TPSA) is 52.6 Å². The number of carbonyl (C=O) groups excluding carboxylic acids is 2. The van der Waals surface area contributed by atoms with Crippen LogP contribution in [0.2, 0.25) is 0 Å². The maximum absolute atomic E-state index is 13.4. The van der Waals surface area contributed by atoms with Crippen LogP contribution in [-0.2, 0) is 9.59 Å². The minimum Gasteiger partial charge on any atom is -0.423 e. The smallest absolute Gasteiger partial charge is 0.311 e. The summed E-state index contributed by atoms with van der Waals surface area (Å²) >= 11 is 0. The van der Waals surface area contributed by atoms with E-state index < -0.39 is 23.6 Å². The second kappa shape index (κ2) is 11.8. The monoisotopic (exact) mass is 390 g/mol. The van der Waals surface area contributed by atoms with Crippen molar-refractivity contribution < 1.29 is 27.8 Å². The summed E-state index contributed by atoms with van der Waals surface area (Å²) in [6.07, 6.45) is 5.38. The van der Waals surface area contributed by atoms with Crippen molar-refractivity contribution in [1.29, 1.82) is 0 Å². The zero-order valence-corrected chi connectivity index (χ0v) is 15.7. The Balaban J connectivity index is 1.48. The molecular formula is C22H24F2O4. The van der Waals surface area contributed by atoms with E-state index in [-0.39, 0.29) is 24.3 Å². The fourth-order valence-electron chi connectivity index (χ4n) is 2.65. The van der Waals surface area contributed by atoms with E-state index in [1.54, 1.807) is 12.1 Å². The zero-order chi connectivity index (χ0) is 20.2. The van der Waals surface area contributed by atoms with Gasteiger partial charge in [-0.3, -0.25) is 9.59 Å². The van der Waals surface area contributed by atoms with E-state index in [1.807, 2.05) is 0 Å². The Kier molecular flexibility index (Phi) is 9.11. The van der Waals surface area contributed by atoms with Crippen LogP contribution in [0.3, 0.4) is 0 Å². The molecule has 28 heavy (non-hydrogen) atoms. The van der Waals surface area contributed by atoms with E-state index in [9.17, 15) is 18.4 Å². The predicted octanol–water partition coefficient (Wildman–Crippen LogP) is 5.60. The Bertz CT molecular complexity index is 711. The number of unbranched alkanes of at least 4 members (excludes halogenated alkanes) is 5. The Hall–Kier alpha value is -2.76. The third-order valence-corrected chi connectivity index (χ3v) is 4.13. The summed E-state index contributed by atoms with van der Waals surface area (Å²) in [6.45, 7) is 0. The molecule has 0 aliphatic heterocycles. The summed E-state index contributed by atoms with van der Waals surface area (Å²) in [7, 11) is 0. The third-order valence-electron chi connectivity index (χ3n) is 4.13. The third kappa shape index (κ3) is 7.86. The van der Waals surface area contributed by atoms with Crippen LogP contribution in [0.4, 0.5) is 8.78 Å². The summed E-state index contributed by atoms with van der Waals surface area (Å²) in [5, 5.41) is 0. The van der Waals surface area contributed by atoms with Gasteiger partial charge in [0.2, 0.25) is 0 Å². The molecule has 0 atom stereocenters. The van der Waals surface area contributed by atoms with E-state index in [0.717, 1.165) is 25.7 Å². The van der Waals surface area contributed by atoms with Gasteiger partial charge in [0, 0.05) is 12.8 Å². The number of hydrogen-bond donors (Lipinski definition) is 0. The molecule has 0 radical (unpaired) electrons. The van der Waals surface area contributed by atoms with Gasteiger partial charge < -0.3 is 9.47 Å². The summed E-state index contributed by atoms with van der Waals surface area (Å²) in [5.41, 5.74) is 0. The molecule has 0 spiro atoms. The fraction of sp³-hybridized carbons (Fsp3) is 0.364. The highest BCUT2D eigenvalue weighted by molar-refractivity contribution is 5.72. The summed E-state index contributed by atoms with van der Waals surface area (Å²) < 4.78 is 36.7. The molecule has 0 aliphatic rings. The Labute approximate surface area is 163 Å². The lowest BCUT2D eigenvalue weighted by Gasteiger charge is -2.06. The summed E-state index contributed by atoms with van der Waals surface area (Å²) in [6, 6.07) is 11.6. The Morgan fingerprint density at radius 1 is 0.607 bits per heavy atom. The van der Waals surface area contributed by atoms with Crippen molar-refractivity contribution in [2.45, 2.75) is 51.4 Å². The number of para-hydroxylation sites is 2. The molecule has 0 heterocycles. The standard InChI is InChI=1S/C22H24F2O4/c23-17-11-7-9-13-19(17)27-21(25)15-5-3-1-2-4-6-16-22(26)28-20-14-10-8-12-18(20)24/h7-14H,1-6,15-16H2. The van der Waals surface area contributed by atoms with Crippen molar-refractivity contribution in [3.05, 3.63) is 60.2 Å². The van der Waals surface area contributed by atoms with E-state index in [0.29, 0.717) is 12.8 Å². The minimum absolute atomic E-state index is 0.0465. The maximum Gasteiger partial charge on any atom is 0.311 e. The fourth-order valence-corrected chi connectivity index (χ4v) is 2.65. The highest BCUT2D eigenvalue weighted by Crippen LogP contribution is 2.18.